The molecule has 2 aromatic rings. The van der Waals surface area contributed by atoms with Gasteiger partial charge in [0.1, 0.15) is 4.47 Å². The van der Waals surface area contributed by atoms with Gasteiger partial charge < -0.3 is 10.1 Å². The largest absolute Gasteiger partial charge is 0.404 e. The second-order valence-corrected chi connectivity index (χ2v) is 4.53. The zero-order valence-corrected chi connectivity index (χ0v) is 11.0. The van der Waals surface area contributed by atoms with Crippen LogP contribution >= 0.6 is 15.9 Å². The Morgan fingerprint density at radius 2 is 1.79 bits per heavy atom. The molecule has 0 aliphatic heterocycles. The van der Waals surface area contributed by atoms with E-state index in [-0.39, 0.29) is 11.5 Å². The number of aromatic nitrogens is 2. The molecule has 98 valence electrons. The van der Waals surface area contributed by atoms with Crippen molar-refractivity contribution < 1.29 is 9.85 Å². The Hall–Kier alpha value is -2.29. The predicted octanol–water partition coefficient (Wildman–Crippen LogP) is 2.51. The number of hydrogen-bond acceptors (Lipinski definition) is 5. The van der Waals surface area contributed by atoms with Crippen molar-refractivity contribution in [3.05, 3.63) is 60.7 Å². The molecule has 1 aromatic carbocycles. The van der Waals surface area contributed by atoms with Crippen LogP contribution in [0.2, 0.25) is 0 Å². The van der Waals surface area contributed by atoms with Crippen molar-refractivity contribution in [1.82, 2.24) is 9.78 Å². The van der Waals surface area contributed by atoms with Crippen LogP contribution < -0.4 is 0 Å². The molecule has 0 atom stereocenters. The van der Waals surface area contributed by atoms with Crippen LogP contribution in [0.5, 0.6) is 0 Å². The molecule has 0 unspecified atom stereocenters. The molecule has 0 aliphatic carbocycles. The second-order valence-electron chi connectivity index (χ2n) is 3.68. The minimum Gasteiger partial charge on any atom is -0.358 e. The molecule has 0 fully saturated rings. The first-order chi connectivity index (χ1) is 8.97. The number of nitrogens with zero attached hydrogens (tertiary/aromatic N) is 4. The van der Waals surface area contributed by atoms with E-state index >= 15 is 0 Å². The van der Waals surface area contributed by atoms with Crippen molar-refractivity contribution in [2.75, 3.05) is 0 Å². The Morgan fingerprint density at radius 3 is 2.26 bits per heavy atom. The highest BCUT2D eigenvalue weighted by Crippen LogP contribution is 2.22. The predicted molar refractivity (Wildman–Crippen MR) is 68.8 cm³/mol. The van der Waals surface area contributed by atoms with E-state index in [4.69, 9.17) is 0 Å². The third-order valence-electron chi connectivity index (χ3n) is 2.36. The summed E-state index contributed by atoms with van der Waals surface area (Å²) >= 11 is 3.05. The van der Waals surface area contributed by atoms with E-state index in [9.17, 15) is 20.2 Å². The Kier molecular flexibility index (Phi) is 3.56. The Bertz CT molecular complexity index is 637. The Balaban J connectivity index is 2.19. The SMILES string of the molecule is O=[N+]([O-])c1ccc(Cn2cc(Br)c([N+](=O)[O-])n2)cc1. The quantitative estimate of drug-likeness (QED) is 0.634. The lowest BCUT2D eigenvalue weighted by atomic mass is 10.2. The lowest BCUT2D eigenvalue weighted by molar-refractivity contribution is -0.390. The van der Waals surface area contributed by atoms with Gasteiger partial charge in [0, 0.05) is 12.1 Å². The molecule has 0 saturated heterocycles. The van der Waals surface area contributed by atoms with Gasteiger partial charge >= 0.3 is 5.82 Å². The summed E-state index contributed by atoms with van der Waals surface area (Å²) in [6.45, 7) is 0.296. The highest BCUT2D eigenvalue weighted by molar-refractivity contribution is 9.10. The summed E-state index contributed by atoms with van der Waals surface area (Å²) in [6.07, 6.45) is 1.49. The summed E-state index contributed by atoms with van der Waals surface area (Å²) in [5, 5.41) is 24.9. The highest BCUT2D eigenvalue weighted by atomic mass is 79.9. The van der Waals surface area contributed by atoms with E-state index in [1.54, 1.807) is 12.1 Å². The maximum absolute atomic E-state index is 10.6. The third kappa shape index (κ3) is 2.94. The lowest BCUT2D eigenvalue weighted by Gasteiger charge is -1.97. The van der Waals surface area contributed by atoms with Crippen molar-refractivity contribution in [2.45, 2.75) is 6.54 Å². The van der Waals surface area contributed by atoms with Crippen LogP contribution in [0.4, 0.5) is 11.5 Å². The molecule has 0 aliphatic rings. The van der Waals surface area contributed by atoms with Crippen LogP contribution in [0.15, 0.2) is 34.9 Å². The van der Waals surface area contributed by atoms with Crippen molar-refractivity contribution >= 4 is 27.4 Å². The van der Waals surface area contributed by atoms with Gasteiger partial charge in [-0.3, -0.25) is 10.1 Å². The first-order valence-electron chi connectivity index (χ1n) is 5.08. The molecular formula is C10H7BrN4O4. The fourth-order valence-electron chi connectivity index (χ4n) is 1.50. The molecule has 8 nitrogen and oxygen atoms in total. The van der Waals surface area contributed by atoms with Gasteiger partial charge in [-0.2, -0.15) is 4.68 Å². The molecule has 0 N–H and O–H groups in total. The molecule has 1 aromatic heterocycles. The number of non-ortho nitro benzene ring substituents is 1. The van der Waals surface area contributed by atoms with Gasteiger partial charge in [0.2, 0.25) is 0 Å². The summed E-state index contributed by atoms with van der Waals surface area (Å²) < 4.78 is 1.68. The molecule has 9 heteroatoms. The Labute approximate surface area is 115 Å². The minimum atomic E-state index is -0.587. The van der Waals surface area contributed by atoms with E-state index in [0.717, 1.165) is 5.56 Å². The maximum Gasteiger partial charge on any atom is 0.404 e. The number of nitro groups is 2. The highest BCUT2D eigenvalue weighted by Gasteiger charge is 2.18. The fourth-order valence-corrected chi connectivity index (χ4v) is 1.96. The van der Waals surface area contributed by atoms with Gasteiger partial charge in [-0.25, -0.2) is 0 Å². The first kappa shape index (κ1) is 13.1. The number of halogens is 1. The van der Waals surface area contributed by atoms with Crippen molar-refractivity contribution in [3.8, 4) is 0 Å². The number of hydrogen-bond donors (Lipinski definition) is 0. The standard InChI is InChI=1S/C10H7BrN4O4/c11-9-6-13(12-10(9)15(18)19)5-7-1-3-8(4-2-7)14(16)17/h1-4,6H,5H2. The van der Waals surface area contributed by atoms with Crippen molar-refractivity contribution in [2.24, 2.45) is 0 Å². The number of nitro benzene ring substituents is 1. The molecule has 0 amide bonds. The van der Waals surface area contributed by atoms with Crippen LogP contribution in [-0.2, 0) is 6.54 Å². The summed E-state index contributed by atoms with van der Waals surface area (Å²) in [6, 6.07) is 5.92. The van der Waals surface area contributed by atoms with Crippen LogP contribution in [0.3, 0.4) is 0 Å². The summed E-state index contributed by atoms with van der Waals surface area (Å²) in [4.78, 5) is 20.1. The normalized spacial score (nSPS) is 10.4. The number of benzene rings is 1. The molecule has 0 bridgehead atoms. The molecule has 2 rings (SSSR count). The molecule has 0 spiro atoms. The van der Waals surface area contributed by atoms with E-state index in [1.807, 2.05) is 0 Å². The van der Waals surface area contributed by atoms with E-state index < -0.39 is 9.85 Å². The van der Waals surface area contributed by atoms with Crippen LogP contribution in [0.25, 0.3) is 0 Å². The molecule has 1 heterocycles. The van der Waals surface area contributed by atoms with Gasteiger partial charge in [0.05, 0.1) is 22.8 Å². The summed E-state index contributed by atoms with van der Waals surface area (Å²) in [5.41, 5.74) is 0.756. The van der Waals surface area contributed by atoms with E-state index in [1.165, 1.54) is 23.0 Å². The van der Waals surface area contributed by atoms with Crippen LogP contribution in [-0.4, -0.2) is 19.6 Å². The minimum absolute atomic E-state index is 0.00336. The molecule has 19 heavy (non-hydrogen) atoms. The smallest absolute Gasteiger partial charge is 0.358 e. The zero-order valence-electron chi connectivity index (χ0n) is 9.39. The van der Waals surface area contributed by atoms with Gasteiger partial charge in [0.15, 0.2) is 0 Å². The molecule has 0 saturated carbocycles. The van der Waals surface area contributed by atoms with Crippen molar-refractivity contribution in [1.29, 1.82) is 0 Å². The van der Waals surface area contributed by atoms with Crippen molar-refractivity contribution in [3.63, 3.8) is 0 Å². The lowest BCUT2D eigenvalue weighted by Crippen LogP contribution is -2.01. The molecular weight excluding hydrogens is 320 g/mol. The maximum atomic E-state index is 10.6. The zero-order chi connectivity index (χ0) is 14.0. The van der Waals surface area contributed by atoms with E-state index in [2.05, 4.69) is 21.0 Å². The van der Waals surface area contributed by atoms with Crippen LogP contribution in [0, 0.1) is 20.2 Å². The summed E-state index contributed by atoms with van der Waals surface area (Å²) in [5.74, 6) is -0.262. The first-order valence-corrected chi connectivity index (χ1v) is 5.87. The van der Waals surface area contributed by atoms with Gasteiger partial charge in [0.25, 0.3) is 5.69 Å². The topological polar surface area (TPSA) is 104 Å². The van der Waals surface area contributed by atoms with Gasteiger partial charge in [-0.15, -0.1) is 0 Å². The van der Waals surface area contributed by atoms with Gasteiger partial charge in [-0.1, -0.05) is 12.1 Å². The summed E-state index contributed by atoms with van der Waals surface area (Å²) in [7, 11) is 0. The average Bonchev–Trinajstić information content (AvgIpc) is 2.71. The van der Waals surface area contributed by atoms with E-state index in [0.29, 0.717) is 11.0 Å². The second kappa shape index (κ2) is 5.14. The third-order valence-corrected chi connectivity index (χ3v) is 2.92. The fraction of sp³-hybridized carbons (Fsp3) is 0.100. The molecule has 0 radical (unpaired) electrons. The van der Waals surface area contributed by atoms with Crippen LogP contribution in [0.1, 0.15) is 5.56 Å². The number of rotatable bonds is 4. The van der Waals surface area contributed by atoms with Gasteiger partial charge in [-0.05, 0) is 26.4 Å². The monoisotopic (exact) mass is 326 g/mol. The average molecular weight is 327 g/mol. The Morgan fingerprint density at radius 1 is 1.16 bits per heavy atom.